The van der Waals surface area contributed by atoms with Crippen LogP contribution in [0.15, 0.2) is 72.9 Å². The Kier molecular flexibility index (Phi) is 4.01. The maximum atomic E-state index is 6.37. The Hall–Kier alpha value is -2.65. The summed E-state index contributed by atoms with van der Waals surface area (Å²) in [5.74, 6) is 0.992. The molecule has 1 aliphatic rings. The highest BCUT2D eigenvalue weighted by atomic mass is 15.2. The third-order valence-corrected chi connectivity index (χ3v) is 4.68. The molecule has 0 saturated heterocycles. The van der Waals surface area contributed by atoms with E-state index in [1.54, 1.807) is 0 Å². The molecule has 1 aromatic heterocycles. The van der Waals surface area contributed by atoms with Crippen LogP contribution in [0.25, 0.3) is 0 Å². The Morgan fingerprint density at radius 2 is 1.67 bits per heavy atom. The van der Waals surface area contributed by atoms with Crippen LogP contribution >= 0.6 is 0 Å². The molecule has 0 fully saturated rings. The molecule has 24 heavy (non-hydrogen) atoms. The first-order valence-corrected chi connectivity index (χ1v) is 8.45. The van der Waals surface area contributed by atoms with E-state index in [0.29, 0.717) is 0 Å². The molecule has 2 N–H and O–H groups in total. The Morgan fingerprint density at radius 1 is 0.875 bits per heavy atom. The second kappa shape index (κ2) is 6.46. The minimum atomic E-state index is -0.138. The highest BCUT2D eigenvalue weighted by molar-refractivity contribution is 5.65. The van der Waals surface area contributed by atoms with Crippen molar-refractivity contribution in [1.29, 1.82) is 0 Å². The van der Waals surface area contributed by atoms with Crippen LogP contribution in [-0.4, -0.2) is 11.5 Å². The number of pyridine rings is 1. The molecule has 3 heteroatoms. The predicted octanol–water partition coefficient (Wildman–Crippen LogP) is 4.21. The average Bonchev–Trinajstić information content (AvgIpc) is 2.68. The monoisotopic (exact) mass is 315 g/mol. The van der Waals surface area contributed by atoms with E-state index in [2.05, 4.69) is 53.4 Å². The molecule has 0 unspecified atom stereocenters. The number of rotatable bonds is 3. The number of aryl methyl sites for hydroxylation is 1. The van der Waals surface area contributed by atoms with Gasteiger partial charge in [-0.25, -0.2) is 4.98 Å². The lowest BCUT2D eigenvalue weighted by Crippen LogP contribution is -2.25. The van der Waals surface area contributed by atoms with Gasteiger partial charge in [0, 0.05) is 18.4 Å². The van der Waals surface area contributed by atoms with Crippen molar-refractivity contribution in [2.75, 3.05) is 11.4 Å². The van der Waals surface area contributed by atoms with Gasteiger partial charge in [0.05, 0.1) is 6.04 Å². The van der Waals surface area contributed by atoms with Crippen molar-refractivity contribution in [3.05, 3.63) is 89.6 Å². The number of hydrogen-bond acceptors (Lipinski definition) is 3. The fraction of sp³-hybridized carbons (Fsp3) is 0.190. The van der Waals surface area contributed by atoms with E-state index in [-0.39, 0.29) is 6.04 Å². The number of fused-ring (bicyclic) bond motifs is 1. The second-order valence-corrected chi connectivity index (χ2v) is 6.22. The van der Waals surface area contributed by atoms with Gasteiger partial charge in [-0.3, -0.25) is 0 Å². The zero-order valence-electron chi connectivity index (χ0n) is 13.6. The fourth-order valence-corrected chi connectivity index (χ4v) is 3.37. The largest absolute Gasteiger partial charge is 0.326 e. The topological polar surface area (TPSA) is 42.1 Å². The summed E-state index contributed by atoms with van der Waals surface area (Å²) >= 11 is 0. The Bertz CT molecular complexity index is 812. The third-order valence-electron chi connectivity index (χ3n) is 4.68. The zero-order chi connectivity index (χ0) is 16.4. The molecule has 3 nitrogen and oxygen atoms in total. The molecule has 0 radical (unpaired) electrons. The molecule has 1 aliphatic heterocycles. The van der Waals surface area contributed by atoms with Crippen LogP contribution in [0.4, 0.5) is 11.5 Å². The quantitative estimate of drug-likeness (QED) is 0.787. The van der Waals surface area contributed by atoms with Crippen molar-refractivity contribution in [1.82, 2.24) is 4.98 Å². The SMILES string of the molecule is N[C@@H](c1ccccc1)c1ccc(N2CCCc3ccccc32)nc1. The summed E-state index contributed by atoms with van der Waals surface area (Å²) in [4.78, 5) is 7.00. The minimum Gasteiger partial charge on any atom is -0.326 e. The lowest BCUT2D eigenvalue weighted by molar-refractivity contribution is 0.758. The third kappa shape index (κ3) is 2.79. The van der Waals surface area contributed by atoms with Gasteiger partial charge in [-0.15, -0.1) is 0 Å². The fourth-order valence-electron chi connectivity index (χ4n) is 3.37. The molecule has 4 rings (SSSR count). The van der Waals surface area contributed by atoms with Gasteiger partial charge in [-0.1, -0.05) is 54.6 Å². The highest BCUT2D eigenvalue weighted by Crippen LogP contribution is 2.32. The van der Waals surface area contributed by atoms with Gasteiger partial charge in [0.15, 0.2) is 0 Å². The first-order chi connectivity index (χ1) is 11.8. The van der Waals surface area contributed by atoms with Crippen LogP contribution in [0.1, 0.15) is 29.2 Å². The van der Waals surface area contributed by atoms with Crippen LogP contribution < -0.4 is 10.6 Å². The molecular weight excluding hydrogens is 294 g/mol. The molecule has 0 amide bonds. The average molecular weight is 315 g/mol. The summed E-state index contributed by atoms with van der Waals surface area (Å²) in [6.45, 7) is 1.01. The summed E-state index contributed by atoms with van der Waals surface area (Å²) in [6, 6.07) is 22.8. The van der Waals surface area contributed by atoms with E-state index < -0.39 is 0 Å². The van der Waals surface area contributed by atoms with Crippen LogP contribution in [0.3, 0.4) is 0 Å². The summed E-state index contributed by atoms with van der Waals surface area (Å²) in [6.07, 6.45) is 4.21. The standard InChI is InChI=1S/C21H21N3/c22-21(17-8-2-1-3-9-17)18-12-13-20(23-15-18)24-14-6-10-16-7-4-5-11-19(16)24/h1-5,7-9,11-13,15,21H,6,10,14,22H2/t21-/m0/s1. The van der Waals surface area contributed by atoms with Crippen molar-refractivity contribution in [3.8, 4) is 0 Å². The smallest absolute Gasteiger partial charge is 0.132 e. The van der Waals surface area contributed by atoms with Gasteiger partial charge < -0.3 is 10.6 Å². The van der Waals surface area contributed by atoms with Crippen LogP contribution in [0, 0.1) is 0 Å². The summed E-state index contributed by atoms with van der Waals surface area (Å²) in [5, 5.41) is 0. The van der Waals surface area contributed by atoms with Crippen LogP contribution in [0.2, 0.25) is 0 Å². The molecule has 0 aliphatic carbocycles. The molecule has 0 saturated carbocycles. The van der Waals surface area contributed by atoms with Crippen molar-refractivity contribution in [2.45, 2.75) is 18.9 Å². The van der Waals surface area contributed by atoms with E-state index in [1.807, 2.05) is 24.4 Å². The maximum absolute atomic E-state index is 6.37. The number of para-hydroxylation sites is 1. The Balaban J connectivity index is 1.61. The minimum absolute atomic E-state index is 0.138. The first-order valence-electron chi connectivity index (χ1n) is 8.45. The summed E-state index contributed by atoms with van der Waals surface area (Å²) in [7, 11) is 0. The molecule has 3 aromatic rings. The Labute approximate surface area is 142 Å². The van der Waals surface area contributed by atoms with Crippen molar-refractivity contribution in [2.24, 2.45) is 5.73 Å². The first kappa shape index (κ1) is 14.9. The van der Waals surface area contributed by atoms with Gasteiger partial charge >= 0.3 is 0 Å². The molecule has 120 valence electrons. The molecular formula is C21H21N3. The number of aromatic nitrogens is 1. The van der Waals surface area contributed by atoms with E-state index in [4.69, 9.17) is 10.7 Å². The van der Waals surface area contributed by atoms with Crippen LogP contribution in [-0.2, 0) is 6.42 Å². The molecule has 0 bridgehead atoms. The van der Waals surface area contributed by atoms with Crippen molar-refractivity contribution < 1.29 is 0 Å². The lowest BCUT2D eigenvalue weighted by Gasteiger charge is -2.30. The van der Waals surface area contributed by atoms with Crippen molar-refractivity contribution in [3.63, 3.8) is 0 Å². The molecule has 0 spiro atoms. The number of nitrogens with zero attached hydrogens (tertiary/aromatic N) is 2. The summed E-state index contributed by atoms with van der Waals surface area (Å²) < 4.78 is 0. The van der Waals surface area contributed by atoms with Crippen LogP contribution in [0.5, 0.6) is 0 Å². The molecule has 2 aromatic carbocycles. The van der Waals surface area contributed by atoms with E-state index >= 15 is 0 Å². The normalized spacial score (nSPS) is 15.0. The highest BCUT2D eigenvalue weighted by Gasteiger charge is 2.19. The van der Waals surface area contributed by atoms with E-state index in [1.165, 1.54) is 11.3 Å². The number of hydrogen-bond donors (Lipinski definition) is 1. The van der Waals surface area contributed by atoms with Crippen molar-refractivity contribution >= 4 is 11.5 Å². The number of anilines is 2. The van der Waals surface area contributed by atoms with Gasteiger partial charge in [0.1, 0.15) is 5.82 Å². The number of nitrogens with two attached hydrogens (primary N) is 1. The van der Waals surface area contributed by atoms with Gasteiger partial charge in [-0.05, 0) is 41.7 Å². The van der Waals surface area contributed by atoms with Gasteiger partial charge in [-0.2, -0.15) is 0 Å². The molecule has 1 atom stereocenters. The second-order valence-electron chi connectivity index (χ2n) is 6.22. The van der Waals surface area contributed by atoms with E-state index in [0.717, 1.165) is 36.3 Å². The maximum Gasteiger partial charge on any atom is 0.132 e. The Morgan fingerprint density at radius 3 is 2.46 bits per heavy atom. The zero-order valence-corrected chi connectivity index (χ0v) is 13.6. The van der Waals surface area contributed by atoms with Gasteiger partial charge in [0.25, 0.3) is 0 Å². The van der Waals surface area contributed by atoms with Gasteiger partial charge in [0.2, 0.25) is 0 Å². The lowest BCUT2D eigenvalue weighted by atomic mass is 10.0. The molecule has 2 heterocycles. The number of benzene rings is 2. The summed E-state index contributed by atoms with van der Waals surface area (Å²) in [5.41, 5.74) is 11.2. The predicted molar refractivity (Wildman–Crippen MR) is 98.5 cm³/mol. The van der Waals surface area contributed by atoms with E-state index in [9.17, 15) is 0 Å².